The van der Waals surface area contributed by atoms with E-state index in [4.69, 9.17) is 0 Å². The van der Waals surface area contributed by atoms with Gasteiger partial charge in [-0.05, 0) is 38.8 Å². The molecule has 1 unspecified atom stereocenters. The first kappa shape index (κ1) is 24.7. The van der Waals surface area contributed by atoms with E-state index < -0.39 is 0 Å². The monoisotopic (exact) mass is 515 g/mol. The zero-order valence-electron chi connectivity index (χ0n) is 17.5. The Hall–Kier alpha value is -2.37. The van der Waals surface area contributed by atoms with Crippen LogP contribution in [-0.2, 0) is 13.5 Å². The van der Waals surface area contributed by atoms with E-state index in [0.717, 1.165) is 12.1 Å². The normalized spacial score (nSPS) is 12.1. The Morgan fingerprint density at radius 2 is 2.00 bits per heavy atom. The molecule has 0 aliphatic heterocycles. The van der Waals surface area contributed by atoms with Crippen molar-refractivity contribution in [2.75, 3.05) is 25.5 Å². The molecule has 1 heterocycles. The lowest BCUT2D eigenvalue weighted by molar-refractivity contribution is -0.384. The average molecular weight is 515 g/mol. The summed E-state index contributed by atoms with van der Waals surface area (Å²) in [5.41, 5.74) is 4.04. The van der Waals surface area contributed by atoms with Crippen LogP contribution < -0.4 is 16.0 Å². The summed E-state index contributed by atoms with van der Waals surface area (Å²) in [6.07, 6.45) is 0.848. The highest BCUT2D eigenvalue weighted by Gasteiger charge is 2.14. The van der Waals surface area contributed by atoms with E-state index in [1.807, 2.05) is 18.7 Å². The summed E-state index contributed by atoms with van der Waals surface area (Å²) in [6, 6.07) is 6.79. The first-order chi connectivity index (χ1) is 13.3. The van der Waals surface area contributed by atoms with Gasteiger partial charge in [0, 0.05) is 45.0 Å². The second-order valence-corrected chi connectivity index (χ2v) is 6.72. The molecule has 10 heteroatoms. The van der Waals surface area contributed by atoms with Gasteiger partial charge >= 0.3 is 0 Å². The fraction of sp³-hybridized carbons (Fsp3) is 0.474. The molecule has 160 valence electrons. The van der Waals surface area contributed by atoms with Crippen LogP contribution in [0.5, 0.6) is 0 Å². The maximum absolute atomic E-state index is 11.0. The van der Waals surface area contributed by atoms with Crippen LogP contribution in [0.15, 0.2) is 29.3 Å². The van der Waals surface area contributed by atoms with Crippen molar-refractivity contribution < 1.29 is 4.92 Å². The molecule has 3 N–H and O–H groups in total. The van der Waals surface area contributed by atoms with E-state index >= 15 is 0 Å². The molecule has 0 radical (unpaired) electrons. The summed E-state index contributed by atoms with van der Waals surface area (Å²) in [5, 5.41) is 25.2. The van der Waals surface area contributed by atoms with Crippen molar-refractivity contribution in [3.05, 3.63) is 51.3 Å². The number of nitro groups is 1. The van der Waals surface area contributed by atoms with E-state index in [2.05, 4.69) is 39.9 Å². The maximum atomic E-state index is 11.0. The Labute approximate surface area is 188 Å². The van der Waals surface area contributed by atoms with Crippen LogP contribution in [0.4, 0.5) is 11.4 Å². The zero-order valence-corrected chi connectivity index (χ0v) is 19.9. The molecular formula is C19H30IN7O2. The molecule has 1 atom stereocenters. The summed E-state index contributed by atoms with van der Waals surface area (Å²) in [5.74, 6) is 0.691. The Morgan fingerprint density at radius 3 is 2.59 bits per heavy atom. The number of nitrogens with zero attached hydrogens (tertiary/aromatic N) is 4. The molecule has 0 fully saturated rings. The second-order valence-electron chi connectivity index (χ2n) is 6.72. The summed E-state index contributed by atoms with van der Waals surface area (Å²) in [4.78, 5) is 14.9. The fourth-order valence-corrected chi connectivity index (χ4v) is 3.06. The molecule has 29 heavy (non-hydrogen) atoms. The number of para-hydroxylation sites is 2. The van der Waals surface area contributed by atoms with Gasteiger partial charge in [-0.15, -0.1) is 24.0 Å². The summed E-state index contributed by atoms with van der Waals surface area (Å²) in [7, 11) is 3.67. The van der Waals surface area contributed by atoms with Crippen LogP contribution in [0, 0.1) is 24.0 Å². The molecule has 2 rings (SSSR count). The highest BCUT2D eigenvalue weighted by atomic mass is 127. The number of halogens is 1. The molecule has 0 aliphatic carbocycles. The predicted octanol–water partition coefficient (Wildman–Crippen LogP) is 2.77. The number of hydrogen-bond acceptors (Lipinski definition) is 5. The number of nitro benzene ring substituents is 1. The number of guanidine groups is 1. The van der Waals surface area contributed by atoms with Crippen LogP contribution >= 0.6 is 24.0 Å². The molecule has 0 aliphatic rings. The number of aryl methyl sites for hydroxylation is 2. The van der Waals surface area contributed by atoms with Gasteiger partial charge in [0.2, 0.25) is 0 Å². The lowest BCUT2D eigenvalue weighted by Crippen LogP contribution is -2.44. The minimum atomic E-state index is -0.389. The molecule has 1 aromatic carbocycles. The molecule has 0 saturated heterocycles. The predicted molar refractivity (Wildman–Crippen MR) is 127 cm³/mol. The number of benzene rings is 1. The fourth-order valence-electron chi connectivity index (χ4n) is 3.06. The van der Waals surface area contributed by atoms with E-state index in [1.165, 1.54) is 17.3 Å². The van der Waals surface area contributed by atoms with Crippen molar-refractivity contribution >= 4 is 41.3 Å². The van der Waals surface area contributed by atoms with E-state index in [0.29, 0.717) is 24.7 Å². The van der Waals surface area contributed by atoms with Crippen molar-refractivity contribution in [1.82, 2.24) is 20.4 Å². The summed E-state index contributed by atoms with van der Waals surface area (Å²) < 4.78 is 1.90. The first-order valence-corrected chi connectivity index (χ1v) is 9.27. The van der Waals surface area contributed by atoms with Crippen molar-refractivity contribution in [3.8, 4) is 0 Å². The zero-order chi connectivity index (χ0) is 20.7. The highest BCUT2D eigenvalue weighted by molar-refractivity contribution is 14.0. The Balaban J connectivity index is 0.00000420. The van der Waals surface area contributed by atoms with Crippen molar-refractivity contribution in [2.45, 2.75) is 33.2 Å². The molecular weight excluding hydrogens is 485 g/mol. The molecule has 0 amide bonds. The Kier molecular flexibility index (Phi) is 9.86. The highest BCUT2D eigenvalue weighted by Crippen LogP contribution is 2.22. The van der Waals surface area contributed by atoms with Crippen LogP contribution in [0.3, 0.4) is 0 Å². The van der Waals surface area contributed by atoms with Crippen LogP contribution in [0.25, 0.3) is 0 Å². The average Bonchev–Trinajstić information content (AvgIpc) is 2.90. The topological polar surface area (TPSA) is 109 Å². The van der Waals surface area contributed by atoms with E-state index in [-0.39, 0.29) is 40.6 Å². The number of aromatic nitrogens is 2. The van der Waals surface area contributed by atoms with Gasteiger partial charge in [0.15, 0.2) is 5.96 Å². The van der Waals surface area contributed by atoms with Crippen LogP contribution in [0.1, 0.15) is 23.9 Å². The lowest BCUT2D eigenvalue weighted by Gasteiger charge is -2.18. The molecule has 9 nitrogen and oxygen atoms in total. The van der Waals surface area contributed by atoms with Crippen molar-refractivity contribution in [3.63, 3.8) is 0 Å². The molecule has 0 saturated carbocycles. The third-order valence-corrected chi connectivity index (χ3v) is 4.61. The second kappa shape index (κ2) is 11.6. The Bertz CT molecular complexity index is 851. The van der Waals surface area contributed by atoms with E-state index in [9.17, 15) is 10.1 Å². The molecule has 0 spiro atoms. The summed E-state index contributed by atoms with van der Waals surface area (Å²) >= 11 is 0. The molecule has 0 bridgehead atoms. The van der Waals surface area contributed by atoms with Gasteiger partial charge in [0.25, 0.3) is 5.69 Å². The SMILES string of the molecule is CN=C(NCCNc1ccccc1[N+](=O)[O-])NC(C)Cc1c(C)nn(C)c1C.I. The molecule has 2 aromatic rings. The van der Waals surface area contributed by atoms with Gasteiger partial charge in [0.05, 0.1) is 10.6 Å². The smallest absolute Gasteiger partial charge is 0.292 e. The van der Waals surface area contributed by atoms with Gasteiger partial charge in [-0.3, -0.25) is 19.8 Å². The maximum Gasteiger partial charge on any atom is 0.292 e. The quantitative estimate of drug-likeness (QED) is 0.125. The van der Waals surface area contributed by atoms with Gasteiger partial charge in [-0.1, -0.05) is 12.1 Å². The van der Waals surface area contributed by atoms with Gasteiger partial charge < -0.3 is 16.0 Å². The van der Waals surface area contributed by atoms with Crippen LogP contribution in [-0.4, -0.2) is 46.8 Å². The Morgan fingerprint density at radius 1 is 1.31 bits per heavy atom. The minimum Gasteiger partial charge on any atom is -0.378 e. The lowest BCUT2D eigenvalue weighted by atomic mass is 10.1. The number of hydrogen-bond donors (Lipinski definition) is 3. The largest absolute Gasteiger partial charge is 0.378 e. The van der Waals surface area contributed by atoms with Gasteiger partial charge in [-0.2, -0.15) is 5.10 Å². The summed E-state index contributed by atoms with van der Waals surface area (Å²) in [6.45, 7) is 7.30. The number of anilines is 1. The number of nitrogens with one attached hydrogen (secondary N) is 3. The first-order valence-electron chi connectivity index (χ1n) is 9.27. The van der Waals surface area contributed by atoms with Gasteiger partial charge in [0.1, 0.15) is 5.69 Å². The standard InChI is InChI=1S/C19H29N7O2.HI/c1-13(12-16-14(2)24-25(5)15(16)3)23-19(20-4)22-11-10-21-17-8-6-7-9-18(17)26(27)28;/h6-9,13,21H,10-12H2,1-5H3,(H2,20,22,23);1H. The number of aliphatic imine (C=N–C) groups is 1. The van der Waals surface area contributed by atoms with E-state index in [1.54, 1.807) is 25.2 Å². The third kappa shape index (κ3) is 6.87. The van der Waals surface area contributed by atoms with Gasteiger partial charge in [-0.25, -0.2) is 0 Å². The molecule has 1 aromatic heterocycles. The van der Waals surface area contributed by atoms with Crippen LogP contribution in [0.2, 0.25) is 0 Å². The van der Waals surface area contributed by atoms with Crippen molar-refractivity contribution in [1.29, 1.82) is 0 Å². The third-order valence-electron chi connectivity index (χ3n) is 4.61. The van der Waals surface area contributed by atoms with Crippen molar-refractivity contribution in [2.24, 2.45) is 12.0 Å². The number of rotatable bonds is 8. The minimum absolute atomic E-state index is 0.